The number of hydrogen-bond donors (Lipinski definition) is 1. The van der Waals surface area contributed by atoms with E-state index < -0.39 is 6.64 Å². The highest BCUT2D eigenvalue weighted by atomic mass is 35.5. The van der Waals surface area contributed by atoms with E-state index in [0.29, 0.717) is 10.0 Å². The Morgan fingerprint density at radius 1 is 1.18 bits per heavy atom. The number of hydrogen-bond acceptors (Lipinski definition) is 3. The fourth-order valence-electron chi connectivity index (χ4n) is 1.03. The van der Waals surface area contributed by atoms with Gasteiger partial charge in [-0.2, -0.15) is 0 Å². The topological polar surface area (TPSA) is 44.5 Å². The van der Waals surface area contributed by atoms with Gasteiger partial charge in [0, 0.05) is 6.07 Å². The first-order chi connectivity index (χ1) is 7.71. The molecule has 1 rings (SSSR count). The normalized spacial score (nSPS) is 14.8. The third-order valence-corrected chi connectivity index (χ3v) is 4.22. The molecule has 0 heterocycles. The number of nitrogens with two attached hydrogens (primary N) is 1. The van der Waals surface area contributed by atoms with Crippen LogP contribution in [0.1, 0.15) is 13.8 Å². The minimum Gasteiger partial charge on any atom is -0.431 e. The van der Waals surface area contributed by atoms with Crippen LogP contribution in [0.15, 0.2) is 12.1 Å². The van der Waals surface area contributed by atoms with Crippen LogP contribution in [0.4, 0.5) is 0 Å². The number of benzene rings is 1. The first kappa shape index (κ1) is 15.5. The molecular weight excluding hydrogens is 324 g/mol. The van der Waals surface area contributed by atoms with Crippen molar-refractivity contribution >= 4 is 53.3 Å². The second kappa shape index (κ2) is 6.07. The van der Waals surface area contributed by atoms with E-state index in [1.807, 2.05) is 13.8 Å². The van der Waals surface area contributed by atoms with Gasteiger partial charge in [0.1, 0.15) is 5.75 Å². The fraction of sp³-hybridized carbons (Fsp3) is 0.333. The van der Waals surface area contributed by atoms with Crippen LogP contribution >= 0.6 is 41.4 Å². The predicted octanol–water partition coefficient (Wildman–Crippen LogP) is 4.63. The second-order valence-electron chi connectivity index (χ2n) is 3.48. The zero-order chi connectivity index (χ0) is 13.2. The molecule has 0 bridgehead atoms. The SMILES string of the molecule is CC(C)OP(N)(=S)Oc1cc(Cl)c(Cl)cc1Cl. The Labute approximate surface area is 120 Å². The Morgan fingerprint density at radius 2 is 1.71 bits per heavy atom. The summed E-state index contributed by atoms with van der Waals surface area (Å²) in [6.07, 6.45) is -0.132. The first-order valence-electron chi connectivity index (χ1n) is 4.62. The molecule has 0 aromatic heterocycles. The van der Waals surface area contributed by atoms with E-state index in [-0.39, 0.29) is 16.9 Å². The van der Waals surface area contributed by atoms with Gasteiger partial charge in [-0.05, 0) is 31.7 Å². The summed E-state index contributed by atoms with van der Waals surface area (Å²) >= 11 is 22.6. The third-order valence-electron chi connectivity index (χ3n) is 1.56. The predicted molar refractivity (Wildman–Crippen MR) is 76.8 cm³/mol. The summed E-state index contributed by atoms with van der Waals surface area (Å²) in [5.74, 6) is 0.271. The van der Waals surface area contributed by atoms with Crippen LogP contribution in [0.2, 0.25) is 15.1 Å². The molecule has 0 fully saturated rings. The van der Waals surface area contributed by atoms with Gasteiger partial charge in [0.05, 0.1) is 21.2 Å². The van der Waals surface area contributed by atoms with Crippen molar-refractivity contribution in [2.24, 2.45) is 5.50 Å². The fourth-order valence-corrected chi connectivity index (χ4v) is 3.47. The number of halogens is 3. The Morgan fingerprint density at radius 3 is 2.24 bits per heavy atom. The number of rotatable bonds is 4. The summed E-state index contributed by atoms with van der Waals surface area (Å²) in [4.78, 5) is 0. The van der Waals surface area contributed by atoms with Crippen LogP contribution in [0, 0.1) is 0 Å². The van der Waals surface area contributed by atoms with E-state index in [1.165, 1.54) is 12.1 Å². The average Bonchev–Trinajstić information content (AvgIpc) is 2.11. The molecular formula is C9H11Cl3NO2PS. The van der Waals surface area contributed by atoms with Gasteiger partial charge in [0.25, 0.3) is 0 Å². The van der Waals surface area contributed by atoms with Gasteiger partial charge in [0.2, 0.25) is 0 Å². The van der Waals surface area contributed by atoms with Gasteiger partial charge < -0.3 is 9.05 Å². The van der Waals surface area contributed by atoms with Crippen LogP contribution in [-0.4, -0.2) is 6.10 Å². The quantitative estimate of drug-likeness (QED) is 0.644. The molecule has 1 unspecified atom stereocenters. The molecule has 0 saturated heterocycles. The van der Waals surface area contributed by atoms with Gasteiger partial charge in [-0.15, -0.1) is 0 Å². The van der Waals surface area contributed by atoms with Crippen LogP contribution in [-0.2, 0) is 16.3 Å². The first-order valence-corrected chi connectivity index (χ1v) is 8.46. The van der Waals surface area contributed by atoms with E-state index in [2.05, 4.69) is 0 Å². The van der Waals surface area contributed by atoms with Crippen LogP contribution < -0.4 is 10.0 Å². The molecule has 8 heteroatoms. The van der Waals surface area contributed by atoms with Crippen molar-refractivity contribution in [1.29, 1.82) is 0 Å². The largest absolute Gasteiger partial charge is 0.431 e. The lowest BCUT2D eigenvalue weighted by molar-refractivity contribution is 0.242. The molecule has 1 atom stereocenters. The summed E-state index contributed by atoms with van der Waals surface area (Å²) in [5.41, 5.74) is 5.75. The second-order valence-corrected chi connectivity index (χ2v) is 7.70. The summed E-state index contributed by atoms with van der Waals surface area (Å²) in [7, 11) is 0. The summed E-state index contributed by atoms with van der Waals surface area (Å²) < 4.78 is 10.7. The van der Waals surface area contributed by atoms with E-state index in [1.54, 1.807) is 0 Å². The van der Waals surface area contributed by atoms with Gasteiger partial charge >= 0.3 is 6.64 Å². The van der Waals surface area contributed by atoms with Crippen molar-refractivity contribution in [2.45, 2.75) is 20.0 Å². The van der Waals surface area contributed by atoms with Gasteiger partial charge in [-0.1, -0.05) is 34.8 Å². The lowest BCUT2D eigenvalue weighted by Crippen LogP contribution is -2.11. The zero-order valence-electron chi connectivity index (χ0n) is 9.12. The Bertz CT molecular complexity index is 470. The van der Waals surface area contributed by atoms with Crippen molar-refractivity contribution in [2.75, 3.05) is 0 Å². The molecule has 1 aromatic rings. The lowest BCUT2D eigenvalue weighted by Gasteiger charge is -2.21. The van der Waals surface area contributed by atoms with E-state index in [9.17, 15) is 0 Å². The molecule has 96 valence electrons. The molecule has 0 saturated carbocycles. The smallest absolute Gasteiger partial charge is 0.310 e. The summed E-state index contributed by atoms with van der Waals surface area (Å²) in [6.45, 7) is 0.741. The monoisotopic (exact) mass is 333 g/mol. The van der Waals surface area contributed by atoms with Crippen molar-refractivity contribution < 1.29 is 9.05 Å². The molecule has 3 nitrogen and oxygen atoms in total. The van der Waals surface area contributed by atoms with Crippen molar-refractivity contribution in [3.63, 3.8) is 0 Å². The molecule has 1 aromatic carbocycles. The Kier molecular flexibility index (Phi) is 5.54. The third kappa shape index (κ3) is 4.92. The van der Waals surface area contributed by atoms with Gasteiger partial charge in [-0.25, -0.2) is 5.50 Å². The van der Waals surface area contributed by atoms with Crippen molar-refractivity contribution in [1.82, 2.24) is 0 Å². The summed E-state index contributed by atoms with van der Waals surface area (Å²) in [6, 6.07) is 2.93. The molecule has 17 heavy (non-hydrogen) atoms. The average molecular weight is 335 g/mol. The highest BCUT2D eigenvalue weighted by Crippen LogP contribution is 2.45. The maximum atomic E-state index is 5.94. The minimum absolute atomic E-state index is 0.132. The van der Waals surface area contributed by atoms with Gasteiger partial charge in [-0.3, -0.25) is 0 Å². The highest BCUT2D eigenvalue weighted by molar-refractivity contribution is 8.09. The molecule has 0 spiro atoms. The van der Waals surface area contributed by atoms with Crippen LogP contribution in [0.3, 0.4) is 0 Å². The molecule has 0 aliphatic heterocycles. The van der Waals surface area contributed by atoms with Gasteiger partial charge in [0.15, 0.2) is 0 Å². The van der Waals surface area contributed by atoms with Crippen molar-refractivity contribution in [3.8, 4) is 5.75 Å². The van der Waals surface area contributed by atoms with E-state index in [4.69, 9.17) is 61.2 Å². The molecule has 0 aliphatic carbocycles. The Balaban J connectivity index is 2.96. The van der Waals surface area contributed by atoms with Crippen LogP contribution in [0.5, 0.6) is 5.75 Å². The van der Waals surface area contributed by atoms with E-state index >= 15 is 0 Å². The zero-order valence-corrected chi connectivity index (χ0v) is 13.1. The maximum Gasteiger partial charge on any atom is 0.310 e. The molecule has 0 radical (unpaired) electrons. The van der Waals surface area contributed by atoms with E-state index in [0.717, 1.165) is 0 Å². The molecule has 2 N–H and O–H groups in total. The molecule has 0 aliphatic rings. The van der Waals surface area contributed by atoms with Crippen molar-refractivity contribution in [3.05, 3.63) is 27.2 Å². The Hall–Kier alpha value is 0.460. The lowest BCUT2D eigenvalue weighted by atomic mass is 10.3. The highest BCUT2D eigenvalue weighted by Gasteiger charge is 2.19. The molecule has 0 amide bonds. The van der Waals surface area contributed by atoms with Crippen LogP contribution in [0.25, 0.3) is 0 Å². The minimum atomic E-state index is -2.89. The standard InChI is InChI=1S/C9H11Cl3NO2PS/c1-5(2)14-16(13,17)15-9-4-7(11)6(10)3-8(9)12/h3-5H,1-2H3,(H2,13,17). The maximum absolute atomic E-state index is 5.94. The summed E-state index contributed by atoms with van der Waals surface area (Å²) in [5, 5.41) is 0.927.